The molecule has 22 heteroatoms. The second-order valence-electron chi connectivity index (χ2n) is 22.7. The molecule has 79 heavy (non-hydrogen) atoms. The molecule has 22 nitrogen and oxygen atoms in total. The molecule has 6 heterocycles. The van der Waals surface area contributed by atoms with E-state index in [9.17, 15) is 34.8 Å². The van der Waals surface area contributed by atoms with Crippen molar-refractivity contribution in [2.24, 2.45) is 5.92 Å². The number of hydrogen-bond acceptors (Lipinski definition) is 22. The Labute approximate surface area is 458 Å². The first-order chi connectivity index (χ1) is 37.6. The van der Waals surface area contributed by atoms with Gasteiger partial charge in [-0.3, -0.25) is 24.0 Å². The second kappa shape index (κ2) is 23.6. The number of aliphatic hydroxyl groups is 3. The average molecular weight is 1110 g/mol. The van der Waals surface area contributed by atoms with Gasteiger partial charge in [-0.2, -0.15) is 0 Å². The van der Waals surface area contributed by atoms with Gasteiger partial charge in [0.1, 0.15) is 23.2 Å². The zero-order valence-electron chi connectivity index (χ0n) is 46.0. The molecule has 0 saturated carbocycles. The Bertz CT molecular complexity index is 2560. The van der Waals surface area contributed by atoms with Crippen molar-refractivity contribution < 1.29 is 106 Å². The molecule has 21 unspecified atom stereocenters. The number of rotatable bonds is 14. The first-order valence-corrected chi connectivity index (χ1v) is 28.2. The number of allylic oxidation sites excluding steroid dienone is 2. The van der Waals surface area contributed by atoms with E-state index in [1.807, 2.05) is 20.8 Å². The van der Waals surface area contributed by atoms with Crippen molar-refractivity contribution in [3.63, 3.8) is 0 Å². The lowest BCUT2D eigenvalue weighted by atomic mass is 9.61. The molecule has 21 atom stereocenters. The van der Waals surface area contributed by atoms with Crippen molar-refractivity contribution in [2.75, 3.05) is 7.11 Å². The third-order valence-corrected chi connectivity index (χ3v) is 17.4. The molecule has 6 saturated heterocycles. The van der Waals surface area contributed by atoms with Crippen LogP contribution in [0.3, 0.4) is 0 Å². The number of ketones is 5. The molecule has 0 aromatic heterocycles. The van der Waals surface area contributed by atoms with Crippen LogP contribution >= 0.6 is 0 Å². The van der Waals surface area contributed by atoms with E-state index in [-0.39, 0.29) is 66.7 Å². The summed E-state index contributed by atoms with van der Waals surface area (Å²) in [4.78, 5) is 71.5. The maximum atomic E-state index is 15.6. The summed E-state index contributed by atoms with van der Waals surface area (Å²) in [5.41, 5.74) is -4.60. The normalized spacial score (nSPS) is 42.0. The van der Waals surface area contributed by atoms with E-state index < -0.39 is 155 Å². The SMILES string of the molecule is COC1=CC(=O)c2c(cc3c(c2O)C(=O)C2(OC4CCC(OC5CCC(O)C(C)O5)C(C)O4)C(=O)C(C(C)=O)=C(O)C(OC4CCC(OC5CCC(OC6CCC(OC7CCC(O)C(C)O7)C(C)O6)C(C)O5)C(C)O4)C2C3)C1=O. The number of fused-ring (bicyclic) bond motifs is 3. The highest BCUT2D eigenvalue weighted by atomic mass is 16.8. The zero-order chi connectivity index (χ0) is 56.4. The van der Waals surface area contributed by atoms with Crippen LogP contribution in [0.15, 0.2) is 29.2 Å². The molecule has 1 aromatic rings. The van der Waals surface area contributed by atoms with Crippen LogP contribution in [0.1, 0.15) is 162 Å². The molecule has 436 valence electrons. The molecule has 0 radical (unpaired) electrons. The van der Waals surface area contributed by atoms with Gasteiger partial charge in [0.25, 0.3) is 0 Å². The fraction of sp³-hybridized carbons (Fsp3) is 0.737. The zero-order valence-corrected chi connectivity index (χ0v) is 46.0. The Morgan fingerprint density at radius 3 is 1.41 bits per heavy atom. The summed E-state index contributed by atoms with van der Waals surface area (Å²) >= 11 is 0. The number of methoxy groups -OCH3 is 1. The van der Waals surface area contributed by atoms with Crippen LogP contribution < -0.4 is 0 Å². The minimum Gasteiger partial charge on any atom is -0.509 e. The van der Waals surface area contributed by atoms with Crippen LogP contribution in [0.2, 0.25) is 0 Å². The van der Waals surface area contributed by atoms with Crippen LogP contribution in [0.5, 0.6) is 5.75 Å². The van der Waals surface area contributed by atoms with Crippen LogP contribution in [0, 0.1) is 5.92 Å². The molecule has 0 amide bonds. The van der Waals surface area contributed by atoms with Gasteiger partial charge < -0.3 is 82.0 Å². The summed E-state index contributed by atoms with van der Waals surface area (Å²) in [6.07, 6.45) is -5.07. The van der Waals surface area contributed by atoms with E-state index in [0.29, 0.717) is 57.8 Å². The van der Waals surface area contributed by atoms with Gasteiger partial charge in [-0.25, -0.2) is 0 Å². The maximum Gasteiger partial charge on any atom is 0.228 e. The number of phenolic OH excluding ortho intramolecular Hbond substituents is 1. The summed E-state index contributed by atoms with van der Waals surface area (Å²) in [5.74, 6) is -8.14. The Morgan fingerprint density at radius 2 is 0.975 bits per heavy atom. The molecule has 0 spiro atoms. The second-order valence-corrected chi connectivity index (χ2v) is 22.7. The van der Waals surface area contributed by atoms with E-state index in [1.165, 1.54) is 13.2 Å². The molecule has 6 fully saturated rings. The lowest BCUT2D eigenvalue weighted by molar-refractivity contribution is -0.316. The summed E-state index contributed by atoms with van der Waals surface area (Å²) < 4.78 is 81.1. The third kappa shape index (κ3) is 11.4. The Hall–Kier alpha value is -4.11. The molecule has 0 bridgehead atoms. The van der Waals surface area contributed by atoms with Crippen molar-refractivity contribution in [3.05, 3.63) is 51.5 Å². The number of aromatic hydroxyl groups is 1. The van der Waals surface area contributed by atoms with E-state index in [4.69, 9.17) is 61.6 Å². The maximum absolute atomic E-state index is 15.6. The van der Waals surface area contributed by atoms with Gasteiger partial charge >= 0.3 is 0 Å². The van der Waals surface area contributed by atoms with Crippen LogP contribution in [-0.2, 0) is 77.6 Å². The minimum atomic E-state index is -2.70. The lowest BCUT2D eigenvalue weighted by Crippen LogP contribution is -2.67. The fourth-order valence-electron chi connectivity index (χ4n) is 12.8. The number of Topliss-reactive ketones (excluding diaryl/α,β-unsaturated/α-hetero) is 4. The van der Waals surface area contributed by atoms with E-state index >= 15 is 9.59 Å². The standard InChI is InChI=1S/C57H76O22/c1-24(58)48-53(64)54(78-46-19-13-39(29(6)72-46)77-45-18-12-38(28(5)71-45)76-44-17-11-37(27(4)70-44)74-42-15-9-34(59)25(2)68-42)33-22-31-21-32-50(36(61)23-41(67-8)51(32)62)52(63)49(31)56(66)57(33,55(48)65)79-47-20-14-40(30(7)73-47)75-43-16-10-35(60)26(3)69-43/h21,23,25-30,33-35,37-40,42-47,54,59-60,63-64H,9-20,22H2,1-8H3. The van der Waals surface area contributed by atoms with Gasteiger partial charge in [0.15, 0.2) is 55.1 Å². The Morgan fingerprint density at radius 1 is 0.557 bits per heavy atom. The first-order valence-electron chi connectivity index (χ1n) is 28.2. The Balaban J connectivity index is 0.832. The number of hydrogen-bond donors (Lipinski definition) is 4. The summed E-state index contributed by atoms with van der Waals surface area (Å²) in [5, 5.41) is 44.3. The molecule has 1 aromatic carbocycles. The number of carbonyl (C=O) groups is 5. The molecule has 4 N–H and O–H groups in total. The van der Waals surface area contributed by atoms with E-state index in [1.54, 1.807) is 20.8 Å². The minimum absolute atomic E-state index is 0.0467. The van der Waals surface area contributed by atoms with Gasteiger partial charge in [0.2, 0.25) is 23.0 Å². The van der Waals surface area contributed by atoms with Crippen molar-refractivity contribution in [3.8, 4) is 5.75 Å². The Kier molecular flexibility index (Phi) is 17.4. The predicted octanol–water partition coefficient (Wildman–Crippen LogP) is 5.19. The van der Waals surface area contributed by atoms with Crippen molar-refractivity contribution in [1.82, 2.24) is 0 Å². The van der Waals surface area contributed by atoms with Crippen molar-refractivity contribution >= 4 is 28.9 Å². The number of benzene rings is 1. The largest absolute Gasteiger partial charge is 0.509 e. The van der Waals surface area contributed by atoms with E-state index in [2.05, 4.69) is 0 Å². The number of aliphatic hydroxyl groups excluding tert-OH is 3. The summed E-state index contributed by atoms with van der Waals surface area (Å²) in [6, 6.07) is 1.29. The summed E-state index contributed by atoms with van der Waals surface area (Å²) in [7, 11) is 1.21. The molecule has 3 aliphatic carbocycles. The first kappa shape index (κ1) is 58.1. The molecular weight excluding hydrogens is 1040 g/mol. The highest BCUT2D eigenvalue weighted by Crippen LogP contribution is 2.52. The molecule has 10 rings (SSSR count). The van der Waals surface area contributed by atoms with Crippen LogP contribution in [0.4, 0.5) is 0 Å². The number of phenols is 1. The lowest BCUT2D eigenvalue weighted by Gasteiger charge is -2.50. The quantitative estimate of drug-likeness (QED) is 0.138. The van der Waals surface area contributed by atoms with Crippen LogP contribution in [-0.4, -0.2) is 179 Å². The monoisotopic (exact) mass is 1110 g/mol. The van der Waals surface area contributed by atoms with Gasteiger partial charge in [0, 0.05) is 56.1 Å². The van der Waals surface area contributed by atoms with Gasteiger partial charge in [0.05, 0.1) is 91.5 Å². The third-order valence-electron chi connectivity index (χ3n) is 17.4. The van der Waals surface area contributed by atoms with E-state index in [0.717, 1.165) is 19.4 Å². The van der Waals surface area contributed by atoms with Crippen molar-refractivity contribution in [1.29, 1.82) is 0 Å². The number of carbonyl (C=O) groups excluding carboxylic acids is 5. The van der Waals surface area contributed by atoms with Crippen molar-refractivity contribution in [2.45, 2.75) is 255 Å². The predicted molar refractivity (Wildman–Crippen MR) is 270 cm³/mol. The topological polar surface area (TPSA) is 286 Å². The summed E-state index contributed by atoms with van der Waals surface area (Å²) in [6.45, 7) is 12.1. The smallest absolute Gasteiger partial charge is 0.228 e. The fourth-order valence-corrected chi connectivity index (χ4v) is 12.8. The highest BCUT2D eigenvalue weighted by Gasteiger charge is 2.66. The van der Waals surface area contributed by atoms with Gasteiger partial charge in [-0.05, 0) is 105 Å². The molecule has 6 aliphatic heterocycles. The van der Waals surface area contributed by atoms with Gasteiger partial charge in [-0.1, -0.05) is 0 Å². The molecule has 9 aliphatic rings. The highest BCUT2D eigenvalue weighted by molar-refractivity contribution is 6.34. The van der Waals surface area contributed by atoms with Crippen LogP contribution in [0.25, 0.3) is 0 Å². The molecular formula is C57H76O22. The average Bonchev–Trinajstić information content (AvgIpc) is 2.83. The van der Waals surface area contributed by atoms with Gasteiger partial charge in [-0.15, -0.1) is 0 Å². The number of ether oxygens (including phenoxy) is 13.